The van der Waals surface area contributed by atoms with E-state index in [1.54, 1.807) is 0 Å². The van der Waals surface area contributed by atoms with Gasteiger partial charge in [-0.15, -0.1) is 0 Å². The molecule has 3 rings (SSSR count). The number of carbonyl (C=O) groups excluding carboxylic acids is 1. The first kappa shape index (κ1) is 10.8. The number of rotatable bonds is 0. The Morgan fingerprint density at radius 3 is 2.81 bits per heavy atom. The van der Waals surface area contributed by atoms with Crippen LogP contribution in [0.2, 0.25) is 0 Å². The number of carbonyl (C=O) groups is 1. The van der Waals surface area contributed by atoms with Crippen molar-refractivity contribution in [2.24, 2.45) is 23.7 Å². The zero-order valence-electron chi connectivity index (χ0n) is 10.1. The van der Waals surface area contributed by atoms with Crippen molar-refractivity contribution in [1.82, 2.24) is 0 Å². The molecule has 3 aliphatic carbocycles. The summed E-state index contributed by atoms with van der Waals surface area (Å²) in [5.41, 5.74) is -0.633. The van der Waals surface area contributed by atoms with Crippen molar-refractivity contribution in [3.8, 4) is 0 Å². The third kappa shape index (κ3) is 1.25. The summed E-state index contributed by atoms with van der Waals surface area (Å²) in [7, 11) is 0. The lowest BCUT2D eigenvalue weighted by atomic mass is 9.51. The van der Waals surface area contributed by atoms with Gasteiger partial charge in [-0.3, -0.25) is 4.79 Å². The number of fused-ring (bicyclic) bond motifs is 4. The average Bonchev–Trinajstić information content (AvgIpc) is 2.27. The first-order valence-electron chi connectivity index (χ1n) is 6.90. The van der Waals surface area contributed by atoms with Crippen LogP contribution in [0.1, 0.15) is 51.9 Å². The van der Waals surface area contributed by atoms with Crippen LogP contribution in [0.15, 0.2) is 0 Å². The fraction of sp³-hybridized carbons (Fsp3) is 0.929. The fourth-order valence-electron chi connectivity index (χ4n) is 4.74. The van der Waals surface area contributed by atoms with Gasteiger partial charge in [0.05, 0.1) is 5.60 Å². The Labute approximate surface area is 97.4 Å². The highest BCUT2D eigenvalue weighted by molar-refractivity contribution is 5.86. The summed E-state index contributed by atoms with van der Waals surface area (Å²) in [5.74, 6) is 1.44. The maximum atomic E-state index is 12.3. The molecular weight excluding hydrogens is 200 g/mol. The van der Waals surface area contributed by atoms with Gasteiger partial charge in [0.25, 0.3) is 0 Å². The molecule has 0 aromatic rings. The number of hydrogen-bond acceptors (Lipinski definition) is 2. The highest BCUT2D eigenvalue weighted by Crippen LogP contribution is 2.54. The Morgan fingerprint density at radius 1 is 1.19 bits per heavy atom. The molecule has 0 radical (unpaired) electrons. The Bertz CT molecular complexity index is 312. The van der Waals surface area contributed by atoms with Gasteiger partial charge in [0.2, 0.25) is 0 Å². The average molecular weight is 222 g/mol. The van der Waals surface area contributed by atoms with Gasteiger partial charge < -0.3 is 5.11 Å². The molecule has 3 aliphatic rings. The van der Waals surface area contributed by atoms with Gasteiger partial charge in [0.1, 0.15) is 5.78 Å². The van der Waals surface area contributed by atoms with Crippen LogP contribution in [0.5, 0.6) is 0 Å². The first-order chi connectivity index (χ1) is 7.64. The summed E-state index contributed by atoms with van der Waals surface area (Å²) >= 11 is 0. The highest BCUT2D eigenvalue weighted by atomic mass is 16.3. The predicted molar refractivity (Wildman–Crippen MR) is 61.9 cm³/mol. The number of Topliss-reactive ketones (excluding diaryl/α,β-unsaturated/α-hetero) is 1. The summed E-state index contributed by atoms with van der Waals surface area (Å²) in [4.78, 5) is 12.3. The van der Waals surface area contributed by atoms with Crippen LogP contribution in [0.3, 0.4) is 0 Å². The first-order valence-corrected chi connectivity index (χ1v) is 6.90. The van der Waals surface area contributed by atoms with E-state index in [9.17, 15) is 9.90 Å². The molecule has 2 heteroatoms. The minimum Gasteiger partial charge on any atom is -0.389 e. The molecule has 0 aliphatic heterocycles. The van der Waals surface area contributed by atoms with Crippen molar-refractivity contribution >= 4 is 5.78 Å². The second kappa shape index (κ2) is 3.56. The van der Waals surface area contributed by atoms with E-state index in [0.29, 0.717) is 17.6 Å². The van der Waals surface area contributed by atoms with Crippen molar-refractivity contribution in [2.45, 2.75) is 57.5 Å². The molecule has 90 valence electrons. The van der Waals surface area contributed by atoms with Gasteiger partial charge in [-0.05, 0) is 37.5 Å². The molecule has 0 aromatic carbocycles. The van der Waals surface area contributed by atoms with Crippen LogP contribution in [-0.4, -0.2) is 16.5 Å². The van der Waals surface area contributed by atoms with Crippen LogP contribution < -0.4 is 0 Å². The van der Waals surface area contributed by atoms with Crippen LogP contribution in [0, 0.1) is 23.7 Å². The molecule has 3 saturated carbocycles. The van der Waals surface area contributed by atoms with E-state index >= 15 is 0 Å². The maximum absolute atomic E-state index is 12.3. The minimum absolute atomic E-state index is 0.0206. The van der Waals surface area contributed by atoms with E-state index in [-0.39, 0.29) is 11.8 Å². The standard InChI is InChI=1S/C14H22O2/c1-9-10-5-4-7-12(13(10)15)14(16)8-3-2-6-11(9)14/h9-12,16H,2-8H2,1H3. The third-order valence-electron chi connectivity index (χ3n) is 5.57. The van der Waals surface area contributed by atoms with Gasteiger partial charge in [0, 0.05) is 11.8 Å². The van der Waals surface area contributed by atoms with Crippen LogP contribution >= 0.6 is 0 Å². The summed E-state index contributed by atoms with van der Waals surface area (Å²) in [6.07, 6.45) is 7.50. The highest BCUT2D eigenvalue weighted by Gasteiger charge is 2.58. The van der Waals surface area contributed by atoms with E-state index in [1.807, 2.05) is 0 Å². The number of ketones is 1. The molecule has 5 atom stereocenters. The Hall–Kier alpha value is -0.370. The Kier molecular flexibility index (Phi) is 2.39. The fourth-order valence-corrected chi connectivity index (χ4v) is 4.74. The molecule has 16 heavy (non-hydrogen) atoms. The van der Waals surface area contributed by atoms with E-state index in [4.69, 9.17) is 0 Å². The van der Waals surface area contributed by atoms with Crippen molar-refractivity contribution in [2.75, 3.05) is 0 Å². The quantitative estimate of drug-likeness (QED) is 0.684. The lowest BCUT2D eigenvalue weighted by molar-refractivity contribution is -0.179. The molecule has 3 fully saturated rings. The van der Waals surface area contributed by atoms with Gasteiger partial charge in [-0.2, -0.15) is 0 Å². The van der Waals surface area contributed by atoms with Crippen molar-refractivity contribution in [3.63, 3.8) is 0 Å². The largest absolute Gasteiger partial charge is 0.389 e. The number of aliphatic hydroxyl groups is 1. The summed E-state index contributed by atoms with van der Waals surface area (Å²) in [5, 5.41) is 10.9. The van der Waals surface area contributed by atoms with Gasteiger partial charge >= 0.3 is 0 Å². The van der Waals surface area contributed by atoms with Gasteiger partial charge in [-0.25, -0.2) is 0 Å². The molecule has 1 N–H and O–H groups in total. The third-order valence-corrected chi connectivity index (χ3v) is 5.57. The monoisotopic (exact) mass is 222 g/mol. The second-order valence-corrected chi connectivity index (χ2v) is 6.19. The molecule has 0 heterocycles. The second-order valence-electron chi connectivity index (χ2n) is 6.19. The summed E-state index contributed by atoms with van der Waals surface area (Å²) < 4.78 is 0. The molecule has 0 saturated heterocycles. The zero-order chi connectivity index (χ0) is 11.3. The number of hydrogen-bond donors (Lipinski definition) is 1. The molecule has 0 aromatic heterocycles. The molecule has 0 spiro atoms. The molecule has 0 amide bonds. The van der Waals surface area contributed by atoms with Crippen molar-refractivity contribution in [1.29, 1.82) is 0 Å². The molecular formula is C14H22O2. The SMILES string of the molecule is CC1C2CCCC(C2=O)C2(O)CCCCC12. The molecule has 2 bridgehead atoms. The topological polar surface area (TPSA) is 37.3 Å². The van der Waals surface area contributed by atoms with Crippen molar-refractivity contribution < 1.29 is 9.90 Å². The lowest BCUT2D eigenvalue weighted by Gasteiger charge is -2.55. The van der Waals surface area contributed by atoms with Crippen molar-refractivity contribution in [3.05, 3.63) is 0 Å². The van der Waals surface area contributed by atoms with E-state index < -0.39 is 5.60 Å². The minimum atomic E-state index is -0.633. The van der Waals surface area contributed by atoms with E-state index in [1.165, 1.54) is 6.42 Å². The Balaban J connectivity index is 2.00. The van der Waals surface area contributed by atoms with E-state index in [0.717, 1.165) is 38.5 Å². The lowest BCUT2D eigenvalue weighted by Crippen LogP contribution is -2.61. The van der Waals surface area contributed by atoms with Crippen LogP contribution in [0.25, 0.3) is 0 Å². The molecule has 2 nitrogen and oxygen atoms in total. The summed E-state index contributed by atoms with van der Waals surface area (Å²) in [6, 6.07) is 0. The normalized spacial score (nSPS) is 52.2. The van der Waals surface area contributed by atoms with Crippen LogP contribution in [-0.2, 0) is 4.79 Å². The Morgan fingerprint density at radius 2 is 2.00 bits per heavy atom. The van der Waals surface area contributed by atoms with Crippen LogP contribution in [0.4, 0.5) is 0 Å². The predicted octanol–water partition coefficient (Wildman–Crippen LogP) is 2.54. The van der Waals surface area contributed by atoms with Gasteiger partial charge in [0.15, 0.2) is 0 Å². The smallest absolute Gasteiger partial charge is 0.142 e. The van der Waals surface area contributed by atoms with Gasteiger partial charge in [-0.1, -0.05) is 26.2 Å². The maximum Gasteiger partial charge on any atom is 0.142 e. The zero-order valence-corrected chi connectivity index (χ0v) is 10.1. The van der Waals surface area contributed by atoms with E-state index in [2.05, 4.69) is 6.92 Å². The summed E-state index contributed by atoms with van der Waals surface area (Å²) in [6.45, 7) is 2.20. The molecule has 5 unspecified atom stereocenters.